The van der Waals surface area contributed by atoms with Crippen LogP contribution in [0.1, 0.15) is 5.69 Å². The van der Waals surface area contributed by atoms with E-state index >= 15 is 0 Å². The molecule has 2 N–H and O–H groups in total. The largest absolute Gasteiger partial charge is 0.349 e. The topological polar surface area (TPSA) is 53.1 Å². The van der Waals surface area contributed by atoms with Crippen molar-refractivity contribution in [3.63, 3.8) is 0 Å². The van der Waals surface area contributed by atoms with Crippen molar-refractivity contribution in [2.24, 2.45) is 4.99 Å². The maximum absolute atomic E-state index is 4.00. The average Bonchev–Trinajstić information content (AvgIpc) is 2.33. The van der Waals surface area contributed by atoms with Gasteiger partial charge in [-0.2, -0.15) is 0 Å². The van der Waals surface area contributed by atoms with Crippen LogP contribution in [0.15, 0.2) is 11.3 Å². The molecule has 0 saturated carbocycles. The van der Waals surface area contributed by atoms with E-state index in [1.807, 2.05) is 0 Å². The first-order valence-electron chi connectivity index (χ1n) is 2.74. The third-order valence-electron chi connectivity index (χ3n) is 1.23. The summed E-state index contributed by atoms with van der Waals surface area (Å²) in [6, 6.07) is 0. The van der Waals surface area contributed by atoms with Gasteiger partial charge in [0, 0.05) is 0 Å². The van der Waals surface area contributed by atoms with E-state index < -0.39 is 0 Å². The zero-order chi connectivity index (χ0) is 6.10. The molecule has 1 aromatic heterocycles. The highest BCUT2D eigenvalue weighted by Crippen LogP contribution is 2.08. The molecule has 4 nitrogen and oxygen atoms in total. The van der Waals surface area contributed by atoms with Crippen molar-refractivity contribution in [3.8, 4) is 0 Å². The second-order valence-electron chi connectivity index (χ2n) is 1.81. The van der Waals surface area contributed by atoms with Crippen LogP contribution in [0.2, 0.25) is 0 Å². The zero-order valence-corrected chi connectivity index (χ0v) is 4.76. The third-order valence-corrected chi connectivity index (χ3v) is 1.23. The number of aliphatic imine (C=N–C) groups is 1. The molecule has 0 unspecified atom stereocenters. The number of hydrogen-bond acceptors (Lipinski definition) is 3. The second-order valence-corrected chi connectivity index (χ2v) is 1.81. The Kier molecular flexibility index (Phi) is 0.798. The molecule has 1 aliphatic rings. The van der Waals surface area contributed by atoms with E-state index in [0.717, 1.165) is 11.5 Å². The summed E-state index contributed by atoms with van der Waals surface area (Å²) in [5.41, 5.74) is 0.959. The Bertz CT molecular complexity index is 237. The van der Waals surface area contributed by atoms with Gasteiger partial charge in [0.1, 0.15) is 12.4 Å². The predicted octanol–water partition coefficient (Wildman–Crippen LogP) is 0.212. The molecule has 4 heteroatoms. The van der Waals surface area contributed by atoms with Crippen molar-refractivity contribution < 1.29 is 0 Å². The second kappa shape index (κ2) is 1.58. The van der Waals surface area contributed by atoms with Crippen LogP contribution >= 0.6 is 0 Å². The van der Waals surface area contributed by atoms with E-state index in [1.54, 1.807) is 12.5 Å². The minimum absolute atomic E-state index is 0.637. The summed E-state index contributed by atoms with van der Waals surface area (Å²) in [7, 11) is 0. The van der Waals surface area contributed by atoms with Crippen LogP contribution in [0.5, 0.6) is 0 Å². The summed E-state index contributed by atoms with van der Waals surface area (Å²) >= 11 is 0. The van der Waals surface area contributed by atoms with Gasteiger partial charge in [-0.3, -0.25) is 4.99 Å². The first kappa shape index (κ1) is 4.55. The molecule has 0 saturated heterocycles. The summed E-state index contributed by atoms with van der Waals surface area (Å²) in [4.78, 5) is 10.9. The number of aromatic nitrogens is 2. The molecule has 0 bridgehead atoms. The lowest BCUT2D eigenvalue weighted by molar-refractivity contribution is 1.10. The van der Waals surface area contributed by atoms with Gasteiger partial charge in [-0.25, -0.2) is 4.98 Å². The fourth-order valence-electron chi connectivity index (χ4n) is 0.801. The van der Waals surface area contributed by atoms with E-state index in [1.165, 1.54) is 0 Å². The summed E-state index contributed by atoms with van der Waals surface area (Å²) in [5, 5.41) is 3.00. The van der Waals surface area contributed by atoms with Gasteiger partial charge in [-0.15, -0.1) is 0 Å². The van der Waals surface area contributed by atoms with Crippen LogP contribution in [-0.2, 0) is 0 Å². The number of nitrogens with zero attached hydrogens (tertiary/aromatic N) is 2. The lowest BCUT2D eigenvalue weighted by atomic mass is 10.4. The molecule has 2 rings (SSSR count). The Balaban J connectivity index is 2.53. The quantitative estimate of drug-likeness (QED) is 0.517. The molecular weight excluding hydrogens is 116 g/mol. The Hall–Kier alpha value is -1.32. The van der Waals surface area contributed by atoms with Crippen LogP contribution in [0, 0.1) is 0 Å². The van der Waals surface area contributed by atoms with Crippen molar-refractivity contribution >= 4 is 12.0 Å². The van der Waals surface area contributed by atoms with Crippen LogP contribution in [0.3, 0.4) is 0 Å². The van der Waals surface area contributed by atoms with Crippen LogP contribution < -0.4 is 5.32 Å². The summed E-state index contributed by atoms with van der Waals surface area (Å²) in [5.74, 6) is 0.894. The zero-order valence-electron chi connectivity index (χ0n) is 4.76. The molecular formula is C5H6N4. The number of nitrogens with one attached hydrogen (secondary N) is 2. The first-order chi connectivity index (χ1) is 4.47. The molecule has 9 heavy (non-hydrogen) atoms. The molecule has 0 amide bonds. The van der Waals surface area contributed by atoms with E-state index in [0.29, 0.717) is 6.67 Å². The molecule has 0 fully saturated rings. The molecule has 2 heterocycles. The fraction of sp³-hybridized carbons (Fsp3) is 0.200. The van der Waals surface area contributed by atoms with Crippen LogP contribution in [-0.4, -0.2) is 22.9 Å². The van der Waals surface area contributed by atoms with Gasteiger partial charge < -0.3 is 10.3 Å². The fourth-order valence-corrected chi connectivity index (χ4v) is 0.801. The van der Waals surface area contributed by atoms with Gasteiger partial charge in [-0.1, -0.05) is 0 Å². The van der Waals surface area contributed by atoms with Crippen LogP contribution in [0.25, 0.3) is 0 Å². The number of rotatable bonds is 0. The SMILES string of the molecule is C1=NCNc2nc[nH]c21. The van der Waals surface area contributed by atoms with Crippen molar-refractivity contribution in [1.82, 2.24) is 9.97 Å². The van der Waals surface area contributed by atoms with Crippen molar-refractivity contribution in [1.29, 1.82) is 0 Å². The average molecular weight is 122 g/mol. The molecule has 0 aromatic carbocycles. The van der Waals surface area contributed by atoms with E-state index in [9.17, 15) is 0 Å². The molecule has 0 atom stereocenters. The number of hydrogen-bond donors (Lipinski definition) is 2. The van der Waals surface area contributed by atoms with Gasteiger partial charge in [0.15, 0.2) is 5.82 Å². The number of anilines is 1. The van der Waals surface area contributed by atoms with Gasteiger partial charge in [0.25, 0.3) is 0 Å². The highest BCUT2D eigenvalue weighted by molar-refractivity contribution is 5.85. The normalized spacial score (nSPS) is 14.7. The van der Waals surface area contributed by atoms with Gasteiger partial charge in [0.05, 0.1) is 12.5 Å². The molecule has 46 valence electrons. The highest BCUT2D eigenvalue weighted by atomic mass is 15.1. The third kappa shape index (κ3) is 0.595. The smallest absolute Gasteiger partial charge is 0.154 e. The number of fused-ring (bicyclic) bond motifs is 1. The molecule has 0 radical (unpaired) electrons. The molecule has 1 aromatic rings. The predicted molar refractivity (Wildman–Crippen MR) is 34.7 cm³/mol. The molecule has 0 spiro atoms. The monoisotopic (exact) mass is 122 g/mol. The Morgan fingerprint density at radius 1 is 1.56 bits per heavy atom. The minimum Gasteiger partial charge on any atom is -0.349 e. The van der Waals surface area contributed by atoms with E-state index in [4.69, 9.17) is 0 Å². The standard InChI is InChI=1S/C5H6N4/c1-4-5(8-2-6-1)9-3-7-4/h1,3,8H,2H2,(H,7,9). The van der Waals surface area contributed by atoms with Gasteiger partial charge in [0.2, 0.25) is 0 Å². The summed E-state index contributed by atoms with van der Waals surface area (Å²) in [6.07, 6.45) is 3.42. The van der Waals surface area contributed by atoms with Gasteiger partial charge in [-0.05, 0) is 0 Å². The molecule has 1 aliphatic heterocycles. The molecule has 0 aliphatic carbocycles. The number of H-pyrrole nitrogens is 1. The Labute approximate surface area is 52.0 Å². The Morgan fingerprint density at radius 2 is 2.56 bits per heavy atom. The lowest BCUT2D eigenvalue weighted by Gasteiger charge is -2.03. The van der Waals surface area contributed by atoms with Crippen molar-refractivity contribution in [3.05, 3.63) is 12.0 Å². The maximum atomic E-state index is 4.00. The first-order valence-corrected chi connectivity index (χ1v) is 2.74. The van der Waals surface area contributed by atoms with Crippen LogP contribution in [0.4, 0.5) is 5.82 Å². The Morgan fingerprint density at radius 3 is 3.44 bits per heavy atom. The summed E-state index contributed by atoms with van der Waals surface area (Å²) in [6.45, 7) is 0.637. The summed E-state index contributed by atoms with van der Waals surface area (Å²) < 4.78 is 0. The minimum atomic E-state index is 0.637. The van der Waals surface area contributed by atoms with E-state index in [2.05, 4.69) is 20.3 Å². The highest BCUT2D eigenvalue weighted by Gasteiger charge is 2.03. The van der Waals surface area contributed by atoms with E-state index in [-0.39, 0.29) is 0 Å². The van der Waals surface area contributed by atoms with Gasteiger partial charge >= 0.3 is 0 Å². The lowest BCUT2D eigenvalue weighted by Crippen LogP contribution is -2.06. The van der Waals surface area contributed by atoms with Crippen molar-refractivity contribution in [2.75, 3.05) is 12.0 Å². The van der Waals surface area contributed by atoms with Crippen molar-refractivity contribution in [2.45, 2.75) is 0 Å². The maximum Gasteiger partial charge on any atom is 0.154 e. The number of imidazole rings is 1. The number of aromatic amines is 1.